The third kappa shape index (κ3) is 16.0. The van der Waals surface area contributed by atoms with Crippen LogP contribution in [0.2, 0.25) is 0 Å². The summed E-state index contributed by atoms with van der Waals surface area (Å²) in [7, 11) is 0. The predicted octanol–water partition coefficient (Wildman–Crippen LogP) is 22.7. The van der Waals surface area contributed by atoms with E-state index in [1.165, 1.54) is 194 Å². The summed E-state index contributed by atoms with van der Waals surface area (Å²) in [5, 5.41) is 0. The van der Waals surface area contributed by atoms with Crippen LogP contribution in [0.15, 0.2) is 130 Å². The largest absolute Gasteiger partial charge is 0.297 e. The van der Waals surface area contributed by atoms with E-state index in [1.54, 1.807) is 22.7 Å². The molecule has 5 aromatic carbocycles. The van der Waals surface area contributed by atoms with Gasteiger partial charge >= 0.3 is 0 Å². The highest BCUT2D eigenvalue weighted by atomic mass is 32.2. The molecule has 7 aromatic rings. The van der Waals surface area contributed by atoms with Crippen LogP contribution in [-0.2, 0) is 42.9 Å². The Balaban J connectivity index is 1.08. The monoisotopic (exact) mass is 1160 g/mol. The molecular formula is C71H82O2S6. The smallest absolute Gasteiger partial charge is 0.160 e. The van der Waals surface area contributed by atoms with Crippen LogP contribution < -0.4 is 0 Å². The molecule has 2 aliphatic carbocycles. The van der Waals surface area contributed by atoms with E-state index in [4.69, 9.17) is 0 Å². The molecule has 2 aliphatic rings. The normalized spacial score (nSPS) is 13.9. The minimum absolute atomic E-state index is 0.0752. The van der Waals surface area contributed by atoms with Gasteiger partial charge in [0.15, 0.2) is 12.6 Å². The van der Waals surface area contributed by atoms with Gasteiger partial charge in [-0.25, -0.2) is 0 Å². The highest BCUT2D eigenvalue weighted by molar-refractivity contribution is 8.22. The first-order chi connectivity index (χ1) is 38.9. The number of aldehydes is 2. The average molecular weight is 1160 g/mol. The van der Waals surface area contributed by atoms with Gasteiger partial charge in [-0.3, -0.25) is 9.59 Å². The lowest BCUT2D eigenvalue weighted by molar-refractivity contribution is 0.111. The average Bonchev–Trinajstić information content (AvgIpc) is 4.40. The van der Waals surface area contributed by atoms with Gasteiger partial charge in [0.25, 0.3) is 0 Å². The van der Waals surface area contributed by atoms with Crippen molar-refractivity contribution >= 4 is 87.9 Å². The summed E-state index contributed by atoms with van der Waals surface area (Å²) in [6.45, 7) is 9.11. The van der Waals surface area contributed by atoms with Crippen LogP contribution >= 0.6 is 69.7 Å². The van der Waals surface area contributed by atoms with E-state index >= 15 is 0 Å². The number of thioether (sulfide) groups is 4. The van der Waals surface area contributed by atoms with Gasteiger partial charge in [0.2, 0.25) is 0 Å². The van der Waals surface area contributed by atoms with Gasteiger partial charge in [-0.2, -0.15) is 0 Å². The van der Waals surface area contributed by atoms with Crippen molar-refractivity contribution in [1.82, 2.24) is 0 Å². The van der Waals surface area contributed by atoms with Crippen molar-refractivity contribution < 1.29 is 9.59 Å². The number of hydrogen-bond acceptors (Lipinski definition) is 8. The van der Waals surface area contributed by atoms with Crippen molar-refractivity contribution in [2.75, 3.05) is 0 Å². The fourth-order valence-corrected chi connectivity index (χ4v) is 18.5. The van der Waals surface area contributed by atoms with E-state index in [9.17, 15) is 9.59 Å². The molecule has 2 heterocycles. The van der Waals surface area contributed by atoms with Crippen LogP contribution in [0.4, 0.5) is 0 Å². The van der Waals surface area contributed by atoms with Crippen LogP contribution in [0.3, 0.4) is 0 Å². The molecule has 1 unspecified atom stereocenters. The quantitative estimate of drug-likeness (QED) is 0.0173. The number of carbonyl (C=O) groups excluding carboxylic acids is 2. The number of carbonyl (C=O) groups is 2. The van der Waals surface area contributed by atoms with Gasteiger partial charge in [0, 0.05) is 54.5 Å². The lowest BCUT2D eigenvalue weighted by atomic mass is 9.94. The summed E-state index contributed by atoms with van der Waals surface area (Å²) in [6, 6.07) is 46.9. The van der Waals surface area contributed by atoms with Gasteiger partial charge in [-0.15, -0.1) is 58.0 Å². The molecule has 2 aromatic heterocycles. The first-order valence-corrected chi connectivity index (χ1v) is 35.4. The van der Waals surface area contributed by atoms with E-state index in [2.05, 4.69) is 173 Å². The van der Waals surface area contributed by atoms with Gasteiger partial charge in [-0.05, 0) is 149 Å². The molecule has 414 valence electrons. The Morgan fingerprint density at radius 3 is 1.33 bits per heavy atom. The predicted molar refractivity (Wildman–Crippen MR) is 352 cm³/mol. The molecule has 0 amide bonds. The molecule has 1 atom stereocenters. The minimum atomic E-state index is 0.0752. The van der Waals surface area contributed by atoms with Crippen molar-refractivity contribution in [3.63, 3.8) is 0 Å². The number of fused-ring (bicyclic) bond motifs is 6. The Morgan fingerprint density at radius 2 is 0.861 bits per heavy atom. The van der Waals surface area contributed by atoms with Crippen LogP contribution in [-0.4, -0.2) is 17.2 Å². The molecule has 0 radical (unpaired) electrons. The Hall–Kier alpha value is -4.02. The molecule has 0 spiro atoms. The first kappa shape index (κ1) is 59.6. The standard InChI is InChI=1S/C71H82O2S6/c1-5-9-13-17-21-50-25-31-54(32-26-50)47-74-70(75-48-55-33-27-51(28-34-55)22-18-14-10-6-2)66-60-43-63-61(44-62(60)68-64(66)41-58(45-72)77-68)67(65-42-59(46-73)78-69(63)65)71(79-57-39-37-53(38-40-57)24-20-16-12-8-4)76-49-56-35-29-52(30-36-56)23-19-15-11-7-3/h25-46,66,70H,5-24,47-49H2,1-4H3/b71-67+. The maximum absolute atomic E-state index is 12.8. The van der Waals surface area contributed by atoms with E-state index in [-0.39, 0.29) is 10.5 Å². The van der Waals surface area contributed by atoms with Crippen molar-refractivity contribution in [3.8, 4) is 20.9 Å². The van der Waals surface area contributed by atoms with E-state index < -0.39 is 0 Å². The summed E-state index contributed by atoms with van der Waals surface area (Å²) in [6.07, 6.45) is 27.0. The highest BCUT2D eigenvalue weighted by Crippen LogP contribution is 2.61. The maximum Gasteiger partial charge on any atom is 0.160 e. The van der Waals surface area contributed by atoms with Crippen LogP contribution in [0.25, 0.3) is 26.5 Å². The molecule has 0 saturated heterocycles. The number of benzene rings is 5. The Morgan fingerprint density at radius 1 is 0.430 bits per heavy atom. The van der Waals surface area contributed by atoms with Crippen molar-refractivity contribution in [2.45, 2.75) is 189 Å². The molecular weight excluding hydrogens is 1080 g/mol. The first-order valence-electron chi connectivity index (χ1n) is 29.9. The number of thiophene rings is 2. The SMILES string of the molecule is CCCCCCc1ccc(CS/C(Sc2ccc(CCCCCC)cc2)=C2/c3cc4c(cc3-c3sc(C=O)cc32)C(C(SCc2ccc(CCCCCC)cc2)SCc2ccc(CCCCCC)cc2)c2cc(C=O)sc2-4)cc1. The Bertz CT molecular complexity index is 3010. The Kier molecular flexibility index (Phi) is 23.3. The molecule has 79 heavy (non-hydrogen) atoms. The fourth-order valence-electron chi connectivity index (χ4n) is 11.2. The van der Waals surface area contributed by atoms with Crippen LogP contribution in [0.1, 0.15) is 217 Å². The zero-order chi connectivity index (χ0) is 54.8. The van der Waals surface area contributed by atoms with Gasteiger partial charge in [-0.1, -0.05) is 201 Å². The lowest BCUT2D eigenvalue weighted by Crippen LogP contribution is -2.12. The number of unbranched alkanes of at least 4 members (excludes halogenated alkanes) is 12. The second-order valence-corrected chi connectivity index (χ2v) is 29.0. The van der Waals surface area contributed by atoms with Crippen LogP contribution in [0, 0.1) is 0 Å². The summed E-state index contributed by atoms with van der Waals surface area (Å²) < 4.78 is 1.44. The van der Waals surface area contributed by atoms with Crippen molar-refractivity contribution in [2.24, 2.45) is 0 Å². The topological polar surface area (TPSA) is 34.1 Å². The molecule has 9 rings (SSSR count). The summed E-state index contributed by atoms with van der Waals surface area (Å²) >= 11 is 11.2. The van der Waals surface area contributed by atoms with Gasteiger partial charge < -0.3 is 0 Å². The second kappa shape index (κ2) is 30.9. The molecule has 0 fully saturated rings. The van der Waals surface area contributed by atoms with Gasteiger partial charge in [0.05, 0.1) is 18.6 Å². The molecule has 0 aliphatic heterocycles. The lowest BCUT2D eigenvalue weighted by Gasteiger charge is -2.25. The number of hydrogen-bond donors (Lipinski definition) is 0. The second-order valence-electron chi connectivity index (χ2n) is 21.9. The van der Waals surface area contributed by atoms with E-state index in [0.717, 1.165) is 70.8 Å². The fraction of sp³-hybridized carbons (Fsp3) is 0.408. The summed E-state index contributed by atoms with van der Waals surface area (Å²) in [4.78, 5) is 30.8. The maximum atomic E-state index is 12.8. The zero-order valence-corrected chi connectivity index (χ0v) is 52.3. The minimum Gasteiger partial charge on any atom is -0.297 e. The van der Waals surface area contributed by atoms with E-state index in [1.807, 2.05) is 23.5 Å². The van der Waals surface area contributed by atoms with Crippen molar-refractivity contribution in [3.05, 3.63) is 197 Å². The Labute approximate surface area is 499 Å². The van der Waals surface area contributed by atoms with Crippen molar-refractivity contribution in [1.29, 1.82) is 0 Å². The third-order valence-corrected chi connectivity index (χ3v) is 23.5. The molecule has 2 nitrogen and oxygen atoms in total. The number of rotatable bonds is 34. The molecule has 0 N–H and O–H groups in total. The summed E-state index contributed by atoms with van der Waals surface area (Å²) in [5.74, 6) is 2.74. The molecule has 0 saturated carbocycles. The highest BCUT2D eigenvalue weighted by Gasteiger charge is 2.40. The molecule has 8 heteroatoms. The summed E-state index contributed by atoms with van der Waals surface area (Å²) in [5.41, 5.74) is 18.4. The number of aryl methyl sites for hydroxylation is 4. The zero-order valence-electron chi connectivity index (χ0n) is 47.4. The molecule has 0 bridgehead atoms. The third-order valence-electron chi connectivity index (χ3n) is 15.8. The van der Waals surface area contributed by atoms with E-state index in [0.29, 0.717) is 0 Å². The van der Waals surface area contributed by atoms with Gasteiger partial charge in [0.1, 0.15) is 0 Å². The van der Waals surface area contributed by atoms with Crippen LogP contribution in [0.5, 0.6) is 0 Å².